The number of hydrogen-bond acceptors (Lipinski definition) is 3. The number of benzene rings is 1. The molecule has 1 fully saturated rings. The molecule has 0 unspecified atom stereocenters. The normalized spacial score (nSPS) is 18.5. The maximum Gasteiger partial charge on any atom is 0.226 e. The van der Waals surface area contributed by atoms with E-state index in [2.05, 4.69) is 74.2 Å². The van der Waals surface area contributed by atoms with E-state index in [4.69, 9.17) is 0 Å². The lowest BCUT2D eigenvalue weighted by Gasteiger charge is -2.33. The molecule has 2 rings (SSSR count). The predicted octanol–water partition coefficient (Wildman–Crippen LogP) is 3.35. The second kappa shape index (κ2) is 9.62. The Morgan fingerprint density at radius 2 is 1.88 bits per heavy atom. The number of nitrogens with zero attached hydrogens (tertiary/aromatic N) is 3. The largest absolute Gasteiger partial charge is 0.378 e. The van der Waals surface area contributed by atoms with Crippen LogP contribution >= 0.6 is 0 Å². The van der Waals surface area contributed by atoms with Crippen molar-refractivity contribution in [2.24, 2.45) is 5.92 Å². The first-order valence-corrected chi connectivity index (χ1v) is 9.50. The van der Waals surface area contributed by atoms with Crippen LogP contribution < -0.4 is 4.90 Å². The number of carbonyl (C=O) groups excluding carboxylic acids is 1. The van der Waals surface area contributed by atoms with Crippen molar-refractivity contribution in [3.8, 4) is 0 Å². The summed E-state index contributed by atoms with van der Waals surface area (Å²) < 4.78 is 0. The van der Waals surface area contributed by atoms with Gasteiger partial charge in [0.2, 0.25) is 5.91 Å². The van der Waals surface area contributed by atoms with Crippen LogP contribution in [0.2, 0.25) is 0 Å². The number of anilines is 1. The van der Waals surface area contributed by atoms with Crippen LogP contribution in [0.5, 0.6) is 0 Å². The highest BCUT2D eigenvalue weighted by Crippen LogP contribution is 2.19. The maximum absolute atomic E-state index is 12.6. The molecule has 1 aliphatic heterocycles. The van der Waals surface area contributed by atoms with Gasteiger partial charge in [0, 0.05) is 46.0 Å². The molecule has 0 saturated carbocycles. The monoisotopic (exact) mass is 343 g/mol. The Kier molecular flexibility index (Phi) is 7.51. The Morgan fingerprint density at radius 1 is 1.20 bits per heavy atom. The van der Waals surface area contributed by atoms with Crippen molar-refractivity contribution < 1.29 is 4.79 Å². The number of hydrogen-bond donors (Lipinski definition) is 0. The van der Waals surface area contributed by atoms with Gasteiger partial charge in [0.15, 0.2) is 0 Å². The summed E-state index contributed by atoms with van der Waals surface area (Å²) in [6.45, 7) is 8.64. The van der Waals surface area contributed by atoms with Crippen molar-refractivity contribution in [1.29, 1.82) is 0 Å². The fourth-order valence-corrected chi connectivity index (χ4v) is 3.44. The van der Waals surface area contributed by atoms with Gasteiger partial charge in [-0.3, -0.25) is 9.69 Å². The van der Waals surface area contributed by atoms with E-state index in [9.17, 15) is 4.79 Å². The van der Waals surface area contributed by atoms with Gasteiger partial charge in [0.25, 0.3) is 0 Å². The molecule has 1 amide bonds. The minimum atomic E-state index is 0.168. The standard InChI is InChI=1S/C21H33N3O/c1-5-24(6-2)21(25)19-10-8-16-23(17-19)15-7-9-18-11-13-20(14-12-18)22(3)4/h7,9,11-14,19H,5-6,8,10,15-17H2,1-4H3/b9-7+/t19-/m1/s1. The van der Waals surface area contributed by atoms with Gasteiger partial charge in [-0.25, -0.2) is 0 Å². The summed E-state index contributed by atoms with van der Waals surface area (Å²) in [4.78, 5) is 19.0. The molecule has 1 aromatic rings. The van der Waals surface area contributed by atoms with Gasteiger partial charge in [-0.1, -0.05) is 24.3 Å². The molecular weight excluding hydrogens is 310 g/mol. The molecule has 1 saturated heterocycles. The Balaban J connectivity index is 1.86. The van der Waals surface area contributed by atoms with Crippen LogP contribution in [-0.2, 0) is 4.79 Å². The summed E-state index contributed by atoms with van der Waals surface area (Å²) in [5.74, 6) is 0.499. The van der Waals surface area contributed by atoms with E-state index in [1.807, 2.05) is 4.90 Å². The highest BCUT2D eigenvalue weighted by atomic mass is 16.2. The molecule has 1 aromatic carbocycles. The summed E-state index contributed by atoms with van der Waals surface area (Å²) in [5.41, 5.74) is 2.43. The molecule has 1 aliphatic rings. The molecule has 0 aromatic heterocycles. The van der Waals surface area contributed by atoms with Crippen LogP contribution in [-0.4, -0.2) is 62.5 Å². The van der Waals surface area contributed by atoms with Crippen LogP contribution in [0.15, 0.2) is 30.3 Å². The minimum absolute atomic E-state index is 0.168. The molecule has 0 N–H and O–H groups in total. The molecule has 1 heterocycles. The zero-order valence-corrected chi connectivity index (χ0v) is 16.2. The smallest absolute Gasteiger partial charge is 0.226 e. The van der Waals surface area contributed by atoms with Crippen LogP contribution in [0.25, 0.3) is 6.08 Å². The first-order valence-electron chi connectivity index (χ1n) is 9.50. The van der Waals surface area contributed by atoms with Gasteiger partial charge in [-0.05, 0) is 50.9 Å². The summed E-state index contributed by atoms with van der Waals surface area (Å²) >= 11 is 0. The van der Waals surface area contributed by atoms with E-state index in [1.54, 1.807) is 0 Å². The zero-order valence-electron chi connectivity index (χ0n) is 16.2. The molecule has 1 atom stereocenters. The molecule has 0 bridgehead atoms. The van der Waals surface area contributed by atoms with Gasteiger partial charge in [-0.2, -0.15) is 0 Å². The van der Waals surface area contributed by atoms with E-state index in [1.165, 1.54) is 11.3 Å². The molecule has 25 heavy (non-hydrogen) atoms. The number of carbonyl (C=O) groups is 1. The third-order valence-electron chi connectivity index (χ3n) is 5.01. The summed E-state index contributed by atoms with van der Waals surface area (Å²) in [5, 5.41) is 0. The average molecular weight is 344 g/mol. The Labute approximate surface area is 153 Å². The van der Waals surface area contributed by atoms with Crippen LogP contribution in [0, 0.1) is 5.92 Å². The summed E-state index contributed by atoms with van der Waals surface area (Å²) in [6, 6.07) is 8.57. The lowest BCUT2D eigenvalue weighted by atomic mass is 9.96. The van der Waals surface area contributed by atoms with Gasteiger partial charge >= 0.3 is 0 Å². The Hall–Kier alpha value is -1.81. The van der Waals surface area contributed by atoms with Crippen molar-refractivity contribution >= 4 is 17.7 Å². The second-order valence-corrected chi connectivity index (χ2v) is 7.00. The van der Waals surface area contributed by atoms with Gasteiger partial charge in [0.05, 0.1) is 5.92 Å². The van der Waals surface area contributed by atoms with Crippen LogP contribution in [0.3, 0.4) is 0 Å². The van der Waals surface area contributed by atoms with Crippen LogP contribution in [0.4, 0.5) is 5.69 Å². The lowest BCUT2D eigenvalue weighted by molar-refractivity contribution is -0.136. The van der Waals surface area contributed by atoms with Crippen molar-refractivity contribution in [3.63, 3.8) is 0 Å². The number of piperidine rings is 1. The zero-order chi connectivity index (χ0) is 18.2. The third kappa shape index (κ3) is 5.60. The van der Waals surface area contributed by atoms with E-state index in [0.29, 0.717) is 5.91 Å². The Bertz CT molecular complexity index is 561. The molecule has 0 spiro atoms. The van der Waals surface area contributed by atoms with E-state index in [-0.39, 0.29) is 5.92 Å². The van der Waals surface area contributed by atoms with Crippen molar-refractivity contribution in [2.45, 2.75) is 26.7 Å². The first kappa shape index (κ1) is 19.5. The van der Waals surface area contributed by atoms with E-state index < -0.39 is 0 Å². The SMILES string of the molecule is CCN(CC)C(=O)[C@@H]1CCCN(C/C=C/c2ccc(N(C)C)cc2)C1. The highest BCUT2D eigenvalue weighted by Gasteiger charge is 2.27. The van der Waals surface area contributed by atoms with E-state index in [0.717, 1.165) is 45.6 Å². The predicted molar refractivity (Wildman–Crippen MR) is 107 cm³/mol. The first-order chi connectivity index (χ1) is 12.0. The lowest BCUT2D eigenvalue weighted by Crippen LogP contribution is -2.44. The van der Waals surface area contributed by atoms with Gasteiger partial charge in [0.1, 0.15) is 0 Å². The summed E-state index contributed by atoms with van der Waals surface area (Å²) in [7, 11) is 4.11. The maximum atomic E-state index is 12.6. The topological polar surface area (TPSA) is 26.8 Å². The highest BCUT2D eigenvalue weighted by molar-refractivity contribution is 5.79. The Morgan fingerprint density at radius 3 is 2.48 bits per heavy atom. The molecule has 0 aliphatic carbocycles. The molecule has 4 nitrogen and oxygen atoms in total. The molecule has 0 radical (unpaired) electrons. The number of rotatable bonds is 7. The fourth-order valence-electron chi connectivity index (χ4n) is 3.44. The van der Waals surface area contributed by atoms with Gasteiger partial charge < -0.3 is 9.80 Å². The van der Waals surface area contributed by atoms with Crippen molar-refractivity contribution in [1.82, 2.24) is 9.80 Å². The molecular formula is C21H33N3O. The van der Waals surface area contributed by atoms with E-state index >= 15 is 0 Å². The van der Waals surface area contributed by atoms with Crippen molar-refractivity contribution in [2.75, 3.05) is 51.7 Å². The van der Waals surface area contributed by atoms with Crippen LogP contribution in [0.1, 0.15) is 32.3 Å². The fraction of sp³-hybridized carbons (Fsp3) is 0.571. The molecule has 4 heteroatoms. The van der Waals surface area contributed by atoms with Crippen molar-refractivity contribution in [3.05, 3.63) is 35.9 Å². The number of amides is 1. The summed E-state index contributed by atoms with van der Waals surface area (Å²) in [6.07, 6.45) is 6.54. The third-order valence-corrected chi connectivity index (χ3v) is 5.01. The average Bonchev–Trinajstić information content (AvgIpc) is 2.63. The number of likely N-dealkylation sites (tertiary alicyclic amines) is 1. The molecule has 138 valence electrons. The minimum Gasteiger partial charge on any atom is -0.378 e. The second-order valence-electron chi connectivity index (χ2n) is 7.00. The quantitative estimate of drug-likeness (QED) is 0.760. The van der Waals surface area contributed by atoms with Gasteiger partial charge in [-0.15, -0.1) is 0 Å².